The van der Waals surface area contributed by atoms with Crippen LogP contribution in [0.3, 0.4) is 0 Å². The molecule has 0 atom stereocenters. The molecule has 4 aromatic rings. The number of fused-ring (bicyclic) bond motifs is 1. The van der Waals surface area contributed by atoms with E-state index in [-0.39, 0.29) is 17.0 Å². The van der Waals surface area contributed by atoms with E-state index in [9.17, 15) is 22.4 Å². The first-order valence-electron chi connectivity index (χ1n) is 8.94. The second-order valence-electron chi connectivity index (χ2n) is 6.49. The molecule has 1 N–H and O–H groups in total. The van der Waals surface area contributed by atoms with Crippen molar-refractivity contribution in [3.8, 4) is 11.3 Å². The van der Waals surface area contributed by atoms with Crippen molar-refractivity contribution in [2.24, 2.45) is 0 Å². The van der Waals surface area contributed by atoms with Gasteiger partial charge in [-0.2, -0.15) is 18.3 Å². The van der Waals surface area contributed by atoms with E-state index in [1.54, 1.807) is 12.1 Å². The molecule has 1 amide bonds. The summed E-state index contributed by atoms with van der Waals surface area (Å²) >= 11 is 1.42. The van der Waals surface area contributed by atoms with Crippen LogP contribution in [-0.4, -0.2) is 26.8 Å². The highest BCUT2D eigenvalue weighted by atomic mass is 32.2. The number of thioether (sulfide) groups is 1. The van der Waals surface area contributed by atoms with Crippen LogP contribution in [0.2, 0.25) is 0 Å². The largest absolute Gasteiger partial charge is 0.433 e. The van der Waals surface area contributed by atoms with Gasteiger partial charge in [0.2, 0.25) is 0 Å². The van der Waals surface area contributed by atoms with Crippen LogP contribution in [0, 0.1) is 5.82 Å². The second kappa shape index (κ2) is 8.03. The number of hydrogen-bond donors (Lipinski definition) is 1. The van der Waals surface area contributed by atoms with Gasteiger partial charge in [0.05, 0.1) is 11.4 Å². The molecule has 31 heavy (non-hydrogen) atoms. The average molecular weight is 446 g/mol. The molecule has 0 bridgehead atoms. The highest BCUT2D eigenvalue weighted by Gasteiger charge is 2.35. The first-order chi connectivity index (χ1) is 14.8. The summed E-state index contributed by atoms with van der Waals surface area (Å²) in [5.74, 6) is -1.18. The van der Waals surface area contributed by atoms with Gasteiger partial charge in [-0.1, -0.05) is 12.1 Å². The Kier molecular flexibility index (Phi) is 5.40. The number of rotatable bonds is 4. The van der Waals surface area contributed by atoms with Gasteiger partial charge in [0.15, 0.2) is 17.0 Å². The van der Waals surface area contributed by atoms with Gasteiger partial charge < -0.3 is 5.32 Å². The molecule has 4 rings (SSSR count). The topological polar surface area (TPSA) is 59.3 Å². The third kappa shape index (κ3) is 4.24. The molecule has 0 aliphatic carbocycles. The summed E-state index contributed by atoms with van der Waals surface area (Å²) in [6, 6.07) is 14.0. The zero-order chi connectivity index (χ0) is 22.2. The molecular formula is C21H14F4N4OS. The Hall–Kier alpha value is -3.40. The lowest BCUT2D eigenvalue weighted by Gasteiger charge is -2.11. The van der Waals surface area contributed by atoms with Gasteiger partial charge in [-0.05, 0) is 48.7 Å². The van der Waals surface area contributed by atoms with Crippen LogP contribution in [-0.2, 0) is 6.18 Å². The number of anilines is 1. The predicted molar refractivity (Wildman–Crippen MR) is 110 cm³/mol. The number of halogens is 4. The maximum atomic E-state index is 13.7. The van der Waals surface area contributed by atoms with E-state index in [1.807, 2.05) is 18.4 Å². The van der Waals surface area contributed by atoms with E-state index in [0.29, 0.717) is 15.8 Å². The van der Waals surface area contributed by atoms with Gasteiger partial charge >= 0.3 is 6.18 Å². The van der Waals surface area contributed by atoms with Gasteiger partial charge in [0.1, 0.15) is 5.82 Å². The molecule has 2 heterocycles. The fourth-order valence-electron chi connectivity index (χ4n) is 2.99. The molecule has 0 spiro atoms. The van der Waals surface area contributed by atoms with Crippen LogP contribution in [0.15, 0.2) is 65.6 Å². The van der Waals surface area contributed by atoms with Crippen molar-refractivity contribution in [2.45, 2.75) is 11.1 Å². The van der Waals surface area contributed by atoms with Crippen LogP contribution < -0.4 is 5.32 Å². The van der Waals surface area contributed by atoms with Crippen LogP contribution in [0.25, 0.3) is 16.9 Å². The molecule has 2 aromatic heterocycles. The molecular weight excluding hydrogens is 432 g/mol. The van der Waals surface area contributed by atoms with E-state index in [4.69, 9.17) is 0 Å². The van der Waals surface area contributed by atoms with Gasteiger partial charge in [0.25, 0.3) is 5.91 Å². The van der Waals surface area contributed by atoms with Crippen LogP contribution >= 0.6 is 11.8 Å². The zero-order valence-corrected chi connectivity index (χ0v) is 16.8. The minimum absolute atomic E-state index is 0.0144. The van der Waals surface area contributed by atoms with E-state index in [1.165, 1.54) is 30.0 Å². The van der Waals surface area contributed by atoms with Crippen molar-refractivity contribution < 1.29 is 22.4 Å². The number of carbonyl (C=O) groups excluding carboxylic acids is 1. The third-order valence-corrected chi connectivity index (χ3v) is 5.24. The zero-order valence-electron chi connectivity index (χ0n) is 15.9. The summed E-state index contributed by atoms with van der Waals surface area (Å²) in [6.45, 7) is 0. The lowest BCUT2D eigenvalue weighted by molar-refractivity contribution is -0.142. The molecule has 0 fully saturated rings. The summed E-state index contributed by atoms with van der Waals surface area (Å²) in [7, 11) is 0. The number of benzene rings is 2. The van der Waals surface area contributed by atoms with E-state index >= 15 is 0 Å². The molecule has 0 saturated heterocycles. The highest BCUT2D eigenvalue weighted by molar-refractivity contribution is 7.98. The lowest BCUT2D eigenvalue weighted by Crippen LogP contribution is -2.16. The van der Waals surface area contributed by atoms with Crippen LogP contribution in [0.1, 0.15) is 16.2 Å². The highest BCUT2D eigenvalue weighted by Crippen LogP contribution is 2.32. The number of nitrogens with one attached hydrogen (secondary N) is 1. The van der Waals surface area contributed by atoms with Crippen LogP contribution in [0.4, 0.5) is 23.2 Å². The smallest absolute Gasteiger partial charge is 0.320 e. The summed E-state index contributed by atoms with van der Waals surface area (Å²) in [6.07, 6.45) is -2.91. The van der Waals surface area contributed by atoms with E-state index < -0.39 is 23.6 Å². The third-order valence-electron chi connectivity index (χ3n) is 4.45. The van der Waals surface area contributed by atoms with Crippen molar-refractivity contribution in [3.63, 3.8) is 0 Å². The molecule has 10 heteroatoms. The quantitative estimate of drug-likeness (QED) is 0.331. The first kappa shape index (κ1) is 20.9. The molecule has 2 aromatic carbocycles. The van der Waals surface area contributed by atoms with Gasteiger partial charge in [-0.25, -0.2) is 13.9 Å². The van der Waals surface area contributed by atoms with Gasteiger partial charge in [-0.3, -0.25) is 4.79 Å². The average Bonchev–Trinajstić information content (AvgIpc) is 3.17. The predicted octanol–water partition coefficient (Wildman–Crippen LogP) is 5.53. The Bertz CT molecular complexity index is 1270. The molecule has 0 aliphatic heterocycles. The number of amides is 1. The standard InChI is InChI=1S/C21H14F4N4OS/c1-31-17-5-3-2-4-14(17)27-20(30)16-11-19-26-15(12-6-8-13(22)9-7-12)10-18(21(23,24)25)29(19)28-16/h2-11H,1H3,(H,27,30). The molecule has 158 valence electrons. The minimum Gasteiger partial charge on any atom is -0.320 e. The number of nitrogens with zero attached hydrogens (tertiary/aromatic N) is 3. The normalized spacial score (nSPS) is 11.6. The van der Waals surface area contributed by atoms with Crippen LogP contribution in [0.5, 0.6) is 0 Å². The number of para-hydroxylation sites is 1. The van der Waals surface area contributed by atoms with Gasteiger partial charge in [-0.15, -0.1) is 11.8 Å². The minimum atomic E-state index is -4.75. The second-order valence-corrected chi connectivity index (χ2v) is 7.33. The van der Waals surface area contributed by atoms with Crippen molar-refractivity contribution in [2.75, 3.05) is 11.6 Å². The Morgan fingerprint density at radius 1 is 1.06 bits per heavy atom. The fourth-order valence-corrected chi connectivity index (χ4v) is 3.54. The SMILES string of the molecule is CSc1ccccc1NC(=O)c1cc2nc(-c3ccc(F)cc3)cc(C(F)(F)F)n2n1. The summed E-state index contributed by atoms with van der Waals surface area (Å²) in [5.41, 5.74) is -0.661. The number of alkyl halides is 3. The van der Waals surface area contributed by atoms with Crippen molar-refractivity contribution in [1.29, 1.82) is 0 Å². The fraction of sp³-hybridized carbons (Fsp3) is 0.0952. The molecule has 0 unspecified atom stereocenters. The van der Waals surface area contributed by atoms with E-state index in [0.717, 1.165) is 23.1 Å². The van der Waals surface area contributed by atoms with Gasteiger partial charge in [0, 0.05) is 16.5 Å². The number of aromatic nitrogens is 3. The number of carbonyl (C=O) groups is 1. The Balaban J connectivity index is 1.78. The molecule has 0 radical (unpaired) electrons. The van der Waals surface area contributed by atoms with Crippen molar-refractivity contribution in [1.82, 2.24) is 14.6 Å². The molecule has 0 aliphatic rings. The summed E-state index contributed by atoms with van der Waals surface area (Å²) in [5, 5.41) is 6.50. The molecule has 5 nitrogen and oxygen atoms in total. The monoisotopic (exact) mass is 446 g/mol. The summed E-state index contributed by atoms with van der Waals surface area (Å²) < 4.78 is 54.8. The maximum Gasteiger partial charge on any atom is 0.433 e. The number of hydrogen-bond acceptors (Lipinski definition) is 4. The Morgan fingerprint density at radius 2 is 1.77 bits per heavy atom. The Labute approximate surface area is 178 Å². The summed E-state index contributed by atoms with van der Waals surface area (Å²) in [4.78, 5) is 17.6. The first-order valence-corrected chi connectivity index (χ1v) is 10.2. The van der Waals surface area contributed by atoms with Crippen molar-refractivity contribution in [3.05, 3.63) is 77.9 Å². The molecule has 0 saturated carbocycles. The Morgan fingerprint density at radius 3 is 2.45 bits per heavy atom. The van der Waals surface area contributed by atoms with Crippen molar-refractivity contribution >= 4 is 29.0 Å². The van der Waals surface area contributed by atoms with E-state index in [2.05, 4.69) is 15.4 Å². The maximum absolute atomic E-state index is 13.7. The lowest BCUT2D eigenvalue weighted by atomic mass is 10.1.